The second kappa shape index (κ2) is 7.35. The van der Waals surface area contributed by atoms with Crippen LogP contribution in [0.2, 0.25) is 0 Å². The van der Waals surface area contributed by atoms with Crippen LogP contribution in [0.1, 0.15) is 22.0 Å². The molecule has 1 aromatic rings. The van der Waals surface area contributed by atoms with Crippen molar-refractivity contribution < 1.29 is 18.7 Å². The second-order valence-electron chi connectivity index (χ2n) is 3.70. The summed E-state index contributed by atoms with van der Waals surface area (Å²) in [5.41, 5.74) is 9.38. The van der Waals surface area contributed by atoms with Gasteiger partial charge in [-0.25, -0.2) is 4.79 Å². The molecule has 0 fully saturated rings. The molecule has 0 amide bonds. The number of hydrogen-bond donors (Lipinski definition) is 0. The number of nitrogens with zero attached hydrogens (tertiary/aromatic N) is 3. The summed E-state index contributed by atoms with van der Waals surface area (Å²) in [5.74, 6) is -0.461. The van der Waals surface area contributed by atoms with Crippen molar-refractivity contribution in [1.29, 1.82) is 0 Å². The van der Waals surface area contributed by atoms with Crippen LogP contribution >= 0.6 is 0 Å². The molecule has 6 nitrogen and oxygen atoms in total. The van der Waals surface area contributed by atoms with E-state index in [-0.39, 0.29) is 0 Å². The second-order valence-corrected chi connectivity index (χ2v) is 3.70. The van der Waals surface area contributed by atoms with E-state index >= 15 is 0 Å². The summed E-state index contributed by atoms with van der Waals surface area (Å²) in [6, 6.07) is 5.35. The Kier molecular flexibility index (Phi) is 5.78. The van der Waals surface area contributed by atoms with Crippen LogP contribution in [0, 0.1) is 0 Å². The largest absolute Gasteiger partial charge is 0.465 e. The summed E-state index contributed by atoms with van der Waals surface area (Å²) in [5, 5.41) is 3.35. The first kappa shape index (κ1) is 14.9. The molecule has 1 aromatic carbocycles. The van der Waals surface area contributed by atoms with Crippen LogP contribution < -0.4 is 0 Å². The van der Waals surface area contributed by atoms with Gasteiger partial charge in [0.15, 0.2) is 0 Å². The van der Waals surface area contributed by atoms with E-state index in [1.54, 1.807) is 24.3 Å². The smallest absolute Gasteiger partial charge is 0.337 e. The Morgan fingerprint density at radius 3 is 2.47 bits per heavy atom. The number of rotatable bonds is 6. The van der Waals surface area contributed by atoms with Crippen molar-refractivity contribution in [3.8, 4) is 0 Å². The van der Waals surface area contributed by atoms with Crippen LogP contribution in [0.15, 0.2) is 29.4 Å². The number of carbonyl (C=O) groups is 1. The number of esters is 1. The van der Waals surface area contributed by atoms with E-state index in [1.807, 2.05) is 0 Å². The normalized spacial score (nSPS) is 13.2. The van der Waals surface area contributed by atoms with E-state index in [2.05, 4.69) is 14.8 Å². The first-order chi connectivity index (χ1) is 9.17. The van der Waals surface area contributed by atoms with Crippen molar-refractivity contribution in [2.24, 2.45) is 5.11 Å². The van der Waals surface area contributed by atoms with Gasteiger partial charge in [-0.15, -0.1) is 0 Å². The minimum atomic E-state index is -0.945. The third kappa shape index (κ3) is 3.67. The van der Waals surface area contributed by atoms with E-state index in [0.717, 1.165) is 0 Å². The molecule has 0 unspecified atom stereocenters. The highest BCUT2D eigenvalue weighted by Crippen LogP contribution is 2.24. The molecule has 0 aliphatic heterocycles. The molecule has 7 heteroatoms. The fourth-order valence-electron chi connectivity index (χ4n) is 1.68. The molecule has 0 spiro atoms. The van der Waals surface area contributed by atoms with Crippen molar-refractivity contribution in [3.63, 3.8) is 0 Å². The summed E-state index contributed by atoms with van der Waals surface area (Å²) in [6.45, 7) is -0.832. The molecule has 0 aliphatic rings. The summed E-state index contributed by atoms with van der Waals surface area (Å²) in [4.78, 5) is 13.9. The molecule has 0 saturated carbocycles. The highest BCUT2D eigenvalue weighted by molar-refractivity contribution is 5.89. The zero-order chi connectivity index (χ0) is 14.3. The number of halogens is 1. The third-order valence-electron chi connectivity index (χ3n) is 2.62. The van der Waals surface area contributed by atoms with Crippen LogP contribution in [0.25, 0.3) is 10.4 Å². The van der Waals surface area contributed by atoms with Gasteiger partial charge in [0.2, 0.25) is 0 Å². The molecule has 0 saturated heterocycles. The maximum Gasteiger partial charge on any atom is 0.337 e. The lowest BCUT2D eigenvalue weighted by Gasteiger charge is -2.20. The zero-order valence-electron chi connectivity index (χ0n) is 10.6. The summed E-state index contributed by atoms with van der Waals surface area (Å²) >= 11 is 0. The SMILES string of the molecule is COC(=O)c1ccc([C@@H](OC)[C@@H](CF)N=[N+]=[N-])cc1. The molecule has 0 heterocycles. The van der Waals surface area contributed by atoms with Crippen molar-refractivity contribution >= 4 is 5.97 Å². The molecule has 1 rings (SSSR count). The molecule has 0 bridgehead atoms. The number of azide groups is 1. The summed E-state index contributed by atoms with van der Waals surface area (Å²) in [6.07, 6.45) is -0.701. The molecular weight excluding hydrogens is 253 g/mol. The average molecular weight is 267 g/mol. The topological polar surface area (TPSA) is 84.3 Å². The standard InChI is InChI=1S/C12H14FN3O3/c1-18-11(10(7-13)15-16-14)8-3-5-9(6-4-8)12(17)19-2/h3-6,10-11H,7H2,1-2H3/t10-,11-/m1/s1. The molecule has 19 heavy (non-hydrogen) atoms. The van der Waals surface area contributed by atoms with Gasteiger partial charge >= 0.3 is 5.97 Å². The Labute approximate surface area is 109 Å². The number of benzene rings is 1. The quantitative estimate of drug-likeness (QED) is 0.344. The van der Waals surface area contributed by atoms with Gasteiger partial charge in [0.25, 0.3) is 0 Å². The van der Waals surface area contributed by atoms with E-state index in [4.69, 9.17) is 10.3 Å². The van der Waals surface area contributed by atoms with Crippen LogP contribution in [-0.2, 0) is 9.47 Å². The lowest BCUT2D eigenvalue weighted by Crippen LogP contribution is -2.20. The van der Waals surface area contributed by atoms with Crippen molar-refractivity contribution in [1.82, 2.24) is 0 Å². The van der Waals surface area contributed by atoms with Crippen LogP contribution in [0.4, 0.5) is 4.39 Å². The first-order valence-electron chi connectivity index (χ1n) is 5.49. The fraction of sp³-hybridized carbons (Fsp3) is 0.417. The van der Waals surface area contributed by atoms with Crippen molar-refractivity contribution in [2.75, 3.05) is 20.9 Å². The number of ether oxygens (including phenoxy) is 2. The fourth-order valence-corrected chi connectivity index (χ4v) is 1.68. The lowest BCUT2D eigenvalue weighted by atomic mass is 10.0. The summed E-state index contributed by atoms with van der Waals surface area (Å²) in [7, 11) is 2.68. The van der Waals surface area contributed by atoms with Gasteiger partial charge in [0.05, 0.1) is 24.8 Å². The lowest BCUT2D eigenvalue weighted by molar-refractivity contribution is 0.0599. The molecule has 102 valence electrons. The Morgan fingerprint density at radius 1 is 1.42 bits per heavy atom. The van der Waals surface area contributed by atoms with Gasteiger partial charge < -0.3 is 9.47 Å². The van der Waals surface area contributed by atoms with Gasteiger partial charge in [0, 0.05) is 12.0 Å². The minimum Gasteiger partial charge on any atom is -0.465 e. The van der Waals surface area contributed by atoms with E-state index in [0.29, 0.717) is 11.1 Å². The number of alkyl halides is 1. The Balaban J connectivity index is 2.99. The molecule has 0 aromatic heterocycles. The molecule has 0 N–H and O–H groups in total. The maximum absolute atomic E-state index is 12.8. The molecule has 0 radical (unpaired) electrons. The van der Waals surface area contributed by atoms with Gasteiger partial charge in [-0.05, 0) is 23.2 Å². The van der Waals surface area contributed by atoms with Crippen molar-refractivity contribution in [2.45, 2.75) is 12.1 Å². The van der Waals surface area contributed by atoms with Gasteiger partial charge in [0.1, 0.15) is 6.67 Å². The first-order valence-corrected chi connectivity index (χ1v) is 5.49. The average Bonchev–Trinajstić information content (AvgIpc) is 2.46. The Morgan fingerprint density at radius 2 is 2.05 bits per heavy atom. The Hall–Kier alpha value is -2.11. The van der Waals surface area contributed by atoms with E-state index in [9.17, 15) is 9.18 Å². The minimum absolute atomic E-state index is 0.377. The van der Waals surface area contributed by atoms with E-state index in [1.165, 1.54) is 14.2 Å². The van der Waals surface area contributed by atoms with Crippen LogP contribution in [-0.4, -0.2) is 32.9 Å². The zero-order valence-corrected chi connectivity index (χ0v) is 10.6. The molecular formula is C12H14FN3O3. The van der Waals surface area contributed by atoms with Crippen LogP contribution in [0.3, 0.4) is 0 Å². The van der Waals surface area contributed by atoms with E-state index < -0.39 is 24.8 Å². The molecule has 2 atom stereocenters. The number of methoxy groups -OCH3 is 2. The third-order valence-corrected chi connectivity index (χ3v) is 2.62. The Bertz CT molecular complexity index is 472. The predicted octanol–water partition coefficient (Wildman–Crippen LogP) is 2.81. The van der Waals surface area contributed by atoms with Gasteiger partial charge in [-0.3, -0.25) is 4.39 Å². The number of hydrogen-bond acceptors (Lipinski definition) is 4. The highest BCUT2D eigenvalue weighted by atomic mass is 19.1. The molecule has 0 aliphatic carbocycles. The van der Waals surface area contributed by atoms with Crippen molar-refractivity contribution in [3.05, 3.63) is 45.8 Å². The monoisotopic (exact) mass is 267 g/mol. The summed E-state index contributed by atoms with van der Waals surface area (Å²) < 4.78 is 22.5. The van der Waals surface area contributed by atoms with Gasteiger partial charge in [-0.2, -0.15) is 0 Å². The number of carbonyl (C=O) groups excluding carboxylic acids is 1. The predicted molar refractivity (Wildman–Crippen MR) is 66.4 cm³/mol. The van der Waals surface area contributed by atoms with Gasteiger partial charge in [-0.1, -0.05) is 17.2 Å². The maximum atomic E-state index is 12.8. The van der Waals surface area contributed by atoms with Crippen LogP contribution in [0.5, 0.6) is 0 Å². The highest BCUT2D eigenvalue weighted by Gasteiger charge is 2.22.